The van der Waals surface area contributed by atoms with E-state index >= 15 is 0 Å². The number of rotatable bonds is 4. The molecule has 2 heterocycles. The van der Waals surface area contributed by atoms with Gasteiger partial charge < -0.3 is 15.0 Å². The summed E-state index contributed by atoms with van der Waals surface area (Å²) in [5, 5.41) is 11.7. The number of hydrogen-bond donors (Lipinski definition) is 1. The van der Waals surface area contributed by atoms with Crippen molar-refractivity contribution < 1.29 is 9.53 Å². The molecule has 20 heavy (non-hydrogen) atoms. The van der Waals surface area contributed by atoms with Crippen molar-refractivity contribution in [1.82, 2.24) is 10.3 Å². The predicted molar refractivity (Wildman–Crippen MR) is 74.2 cm³/mol. The largest absolute Gasteiger partial charge is 0.377 e. The standard InChI is InChI=1S/C14H18N4O2/c1-2-5-16-14(19)12-10-20-7-6-18(12)13-4-3-11(8-15)9-17-13/h3-4,9,12H,2,5-7,10H2,1H3,(H,16,19). The lowest BCUT2D eigenvalue weighted by Gasteiger charge is -2.35. The van der Waals surface area contributed by atoms with Crippen LogP contribution < -0.4 is 10.2 Å². The minimum absolute atomic E-state index is 0.0438. The second kappa shape index (κ2) is 6.87. The van der Waals surface area contributed by atoms with E-state index in [1.54, 1.807) is 12.1 Å². The molecule has 1 aromatic heterocycles. The lowest BCUT2D eigenvalue weighted by molar-refractivity contribution is -0.124. The molecule has 0 radical (unpaired) electrons. The molecule has 0 aromatic carbocycles. The Balaban J connectivity index is 2.13. The van der Waals surface area contributed by atoms with Gasteiger partial charge in [0.15, 0.2) is 0 Å². The van der Waals surface area contributed by atoms with Crippen molar-refractivity contribution >= 4 is 11.7 Å². The van der Waals surface area contributed by atoms with Crippen LogP contribution in [-0.2, 0) is 9.53 Å². The maximum atomic E-state index is 12.2. The number of pyridine rings is 1. The Morgan fingerprint density at radius 2 is 2.50 bits per heavy atom. The number of morpholine rings is 1. The molecule has 0 spiro atoms. The van der Waals surface area contributed by atoms with E-state index in [2.05, 4.69) is 10.3 Å². The zero-order chi connectivity index (χ0) is 14.4. The lowest BCUT2D eigenvalue weighted by Crippen LogP contribution is -2.54. The van der Waals surface area contributed by atoms with Gasteiger partial charge in [0.1, 0.15) is 17.9 Å². The summed E-state index contributed by atoms with van der Waals surface area (Å²) in [5.41, 5.74) is 0.508. The fourth-order valence-corrected chi connectivity index (χ4v) is 2.08. The monoisotopic (exact) mass is 274 g/mol. The Hall–Kier alpha value is -2.13. The Kier molecular flexibility index (Phi) is 4.91. The van der Waals surface area contributed by atoms with Crippen molar-refractivity contribution in [3.05, 3.63) is 23.9 Å². The van der Waals surface area contributed by atoms with Gasteiger partial charge in [-0.05, 0) is 18.6 Å². The number of carbonyl (C=O) groups is 1. The van der Waals surface area contributed by atoms with Crippen LogP contribution in [0.25, 0.3) is 0 Å². The first-order chi connectivity index (χ1) is 9.76. The van der Waals surface area contributed by atoms with Crippen LogP contribution in [0.15, 0.2) is 18.3 Å². The highest BCUT2D eigenvalue weighted by Gasteiger charge is 2.30. The highest BCUT2D eigenvalue weighted by molar-refractivity contribution is 5.85. The molecule has 2 rings (SSSR count). The average molecular weight is 274 g/mol. The van der Waals surface area contributed by atoms with E-state index in [0.717, 1.165) is 6.42 Å². The van der Waals surface area contributed by atoms with Gasteiger partial charge in [0.25, 0.3) is 0 Å². The van der Waals surface area contributed by atoms with Gasteiger partial charge in [-0.2, -0.15) is 5.26 Å². The van der Waals surface area contributed by atoms with Crippen molar-refractivity contribution in [2.24, 2.45) is 0 Å². The van der Waals surface area contributed by atoms with E-state index in [1.165, 1.54) is 6.20 Å². The molecule has 0 saturated carbocycles. The first kappa shape index (κ1) is 14.3. The SMILES string of the molecule is CCCNC(=O)C1COCCN1c1ccc(C#N)cn1. The van der Waals surface area contributed by atoms with Gasteiger partial charge in [-0.15, -0.1) is 0 Å². The van der Waals surface area contributed by atoms with Crippen molar-refractivity contribution in [1.29, 1.82) is 5.26 Å². The fraction of sp³-hybridized carbons (Fsp3) is 0.500. The van der Waals surface area contributed by atoms with Gasteiger partial charge in [0.05, 0.1) is 18.8 Å². The molecule has 0 aliphatic carbocycles. The first-order valence-corrected chi connectivity index (χ1v) is 6.74. The summed E-state index contributed by atoms with van der Waals surface area (Å²) in [7, 11) is 0. The average Bonchev–Trinajstić information content (AvgIpc) is 2.52. The quantitative estimate of drug-likeness (QED) is 0.873. The summed E-state index contributed by atoms with van der Waals surface area (Å²) >= 11 is 0. The van der Waals surface area contributed by atoms with Crippen molar-refractivity contribution in [3.63, 3.8) is 0 Å². The molecular formula is C14H18N4O2. The minimum Gasteiger partial charge on any atom is -0.377 e. The van der Waals surface area contributed by atoms with Crippen LogP contribution in [0.4, 0.5) is 5.82 Å². The molecule has 0 bridgehead atoms. The van der Waals surface area contributed by atoms with Crippen LogP contribution in [0, 0.1) is 11.3 Å². The number of hydrogen-bond acceptors (Lipinski definition) is 5. The molecule has 1 aromatic rings. The van der Waals surface area contributed by atoms with E-state index in [4.69, 9.17) is 10.00 Å². The highest BCUT2D eigenvalue weighted by atomic mass is 16.5. The minimum atomic E-state index is -0.365. The van der Waals surface area contributed by atoms with E-state index in [9.17, 15) is 4.79 Å². The highest BCUT2D eigenvalue weighted by Crippen LogP contribution is 2.17. The Morgan fingerprint density at radius 3 is 3.15 bits per heavy atom. The number of aromatic nitrogens is 1. The Morgan fingerprint density at radius 1 is 1.65 bits per heavy atom. The third-order valence-electron chi connectivity index (χ3n) is 3.15. The summed E-state index contributed by atoms with van der Waals surface area (Å²) < 4.78 is 5.40. The Labute approximate surface area is 118 Å². The zero-order valence-corrected chi connectivity index (χ0v) is 11.5. The van der Waals surface area contributed by atoms with E-state index in [-0.39, 0.29) is 11.9 Å². The summed E-state index contributed by atoms with van der Waals surface area (Å²) in [6.45, 7) is 4.21. The number of amides is 1. The molecule has 1 unspecified atom stereocenters. The third kappa shape index (κ3) is 3.25. The van der Waals surface area contributed by atoms with Gasteiger partial charge in [-0.1, -0.05) is 6.92 Å². The maximum Gasteiger partial charge on any atom is 0.245 e. The van der Waals surface area contributed by atoms with Crippen molar-refractivity contribution in [2.45, 2.75) is 19.4 Å². The van der Waals surface area contributed by atoms with Crippen molar-refractivity contribution in [2.75, 3.05) is 31.2 Å². The summed E-state index contributed by atoms with van der Waals surface area (Å²) in [4.78, 5) is 18.3. The van der Waals surface area contributed by atoms with Crippen LogP contribution in [0.1, 0.15) is 18.9 Å². The van der Waals surface area contributed by atoms with Crippen LogP contribution in [0.5, 0.6) is 0 Å². The molecule has 106 valence electrons. The molecule has 1 aliphatic rings. The van der Waals surface area contributed by atoms with E-state index < -0.39 is 0 Å². The summed E-state index contributed by atoms with van der Waals surface area (Å²) in [6.07, 6.45) is 2.42. The summed E-state index contributed by atoms with van der Waals surface area (Å²) in [5.74, 6) is 0.654. The maximum absolute atomic E-state index is 12.2. The number of carbonyl (C=O) groups excluding carboxylic acids is 1. The van der Waals surface area contributed by atoms with Crippen LogP contribution in [0.3, 0.4) is 0 Å². The van der Waals surface area contributed by atoms with Crippen LogP contribution in [-0.4, -0.2) is 43.2 Å². The molecule has 1 atom stereocenters. The Bertz CT molecular complexity index is 495. The number of nitrogens with zero attached hydrogens (tertiary/aromatic N) is 3. The van der Waals surface area contributed by atoms with E-state index in [0.29, 0.717) is 37.7 Å². The molecule has 1 amide bonds. The molecule has 1 saturated heterocycles. The first-order valence-electron chi connectivity index (χ1n) is 6.74. The topological polar surface area (TPSA) is 78.2 Å². The lowest BCUT2D eigenvalue weighted by atomic mass is 10.2. The van der Waals surface area contributed by atoms with Gasteiger partial charge in [-0.25, -0.2) is 4.98 Å². The normalized spacial score (nSPS) is 18.4. The molecule has 1 aliphatic heterocycles. The third-order valence-corrected chi connectivity index (χ3v) is 3.15. The van der Waals surface area contributed by atoms with Crippen LogP contribution in [0.2, 0.25) is 0 Å². The molecule has 6 heteroatoms. The molecule has 6 nitrogen and oxygen atoms in total. The van der Waals surface area contributed by atoms with Gasteiger partial charge >= 0.3 is 0 Å². The molecule has 1 fully saturated rings. The number of nitrogens with one attached hydrogen (secondary N) is 1. The molecular weight excluding hydrogens is 256 g/mol. The van der Waals surface area contributed by atoms with Gasteiger partial charge in [-0.3, -0.25) is 4.79 Å². The fourth-order valence-electron chi connectivity index (χ4n) is 2.08. The number of nitriles is 1. The molecule has 1 N–H and O–H groups in total. The van der Waals surface area contributed by atoms with Gasteiger partial charge in [0, 0.05) is 19.3 Å². The van der Waals surface area contributed by atoms with Crippen LogP contribution >= 0.6 is 0 Å². The summed E-state index contributed by atoms with van der Waals surface area (Å²) in [6, 6.07) is 5.14. The van der Waals surface area contributed by atoms with Crippen molar-refractivity contribution in [3.8, 4) is 6.07 Å². The van der Waals surface area contributed by atoms with E-state index in [1.807, 2.05) is 17.9 Å². The van der Waals surface area contributed by atoms with Gasteiger partial charge in [0.2, 0.25) is 5.91 Å². The number of anilines is 1. The number of ether oxygens (including phenoxy) is 1. The smallest absolute Gasteiger partial charge is 0.245 e. The zero-order valence-electron chi connectivity index (χ0n) is 11.5. The second-order valence-electron chi connectivity index (χ2n) is 4.59. The predicted octanol–water partition coefficient (Wildman–Crippen LogP) is 0.685. The second-order valence-corrected chi connectivity index (χ2v) is 4.59.